The molecule has 0 aliphatic rings. The number of aromatic nitrogens is 3. The largest absolute Gasteiger partial charge is 0.307 e. The van der Waals surface area contributed by atoms with Gasteiger partial charge in [-0.3, -0.25) is 4.98 Å². The minimum Gasteiger partial charge on any atom is -0.307 e. The molecule has 14 heavy (non-hydrogen) atoms. The van der Waals surface area contributed by atoms with Gasteiger partial charge in [-0.15, -0.1) is 0 Å². The first-order chi connectivity index (χ1) is 6.77. The molecule has 0 aliphatic heterocycles. The van der Waals surface area contributed by atoms with Gasteiger partial charge in [0.2, 0.25) is 0 Å². The van der Waals surface area contributed by atoms with Crippen molar-refractivity contribution >= 4 is 0 Å². The Morgan fingerprint density at radius 1 is 1.14 bits per heavy atom. The Hall–Kier alpha value is -1.64. The van der Waals surface area contributed by atoms with Gasteiger partial charge in [-0.1, -0.05) is 13.8 Å². The Bertz CT molecular complexity index is 404. The van der Waals surface area contributed by atoms with Gasteiger partial charge in [0.1, 0.15) is 0 Å². The predicted molar refractivity (Wildman–Crippen MR) is 55.4 cm³/mol. The molecule has 0 aliphatic carbocycles. The van der Waals surface area contributed by atoms with Gasteiger partial charge in [-0.05, 0) is 18.1 Å². The second-order valence-corrected chi connectivity index (χ2v) is 3.55. The molecule has 0 fully saturated rings. The monoisotopic (exact) mass is 187 g/mol. The maximum Gasteiger partial charge on any atom is 0.155 e. The van der Waals surface area contributed by atoms with Gasteiger partial charge >= 0.3 is 0 Å². The van der Waals surface area contributed by atoms with Crippen molar-refractivity contribution in [1.29, 1.82) is 0 Å². The van der Waals surface area contributed by atoms with Crippen LogP contribution in [0, 0.1) is 0 Å². The zero-order chi connectivity index (χ0) is 9.97. The van der Waals surface area contributed by atoms with Crippen molar-refractivity contribution < 1.29 is 0 Å². The lowest BCUT2D eigenvalue weighted by Gasteiger charge is -2.06. The molecule has 2 rings (SSSR count). The summed E-state index contributed by atoms with van der Waals surface area (Å²) in [4.78, 5) is 8.69. The highest BCUT2D eigenvalue weighted by Gasteiger charge is 2.03. The molecule has 2 aromatic heterocycles. The third-order valence-corrected chi connectivity index (χ3v) is 2.10. The van der Waals surface area contributed by atoms with Crippen LogP contribution < -0.4 is 0 Å². The summed E-state index contributed by atoms with van der Waals surface area (Å²) in [5.74, 6) is 1.29. The summed E-state index contributed by atoms with van der Waals surface area (Å²) in [6, 6.07) is 3.95. The summed E-state index contributed by atoms with van der Waals surface area (Å²) in [5, 5.41) is 0. The van der Waals surface area contributed by atoms with E-state index in [4.69, 9.17) is 0 Å². The maximum atomic E-state index is 4.52. The van der Waals surface area contributed by atoms with Crippen LogP contribution in [0.1, 0.15) is 25.5 Å². The third-order valence-electron chi connectivity index (χ3n) is 2.10. The molecular formula is C11H13N3. The highest BCUT2D eigenvalue weighted by Crippen LogP contribution is 2.11. The third kappa shape index (κ3) is 1.66. The first kappa shape index (κ1) is 8.94. The lowest BCUT2D eigenvalue weighted by molar-refractivity contribution is 0.797. The second-order valence-electron chi connectivity index (χ2n) is 3.55. The molecule has 0 unspecified atom stereocenters. The van der Waals surface area contributed by atoms with Crippen LogP contribution in [0.15, 0.2) is 36.9 Å². The minimum absolute atomic E-state index is 0.415. The normalized spacial score (nSPS) is 10.8. The van der Waals surface area contributed by atoms with E-state index in [-0.39, 0.29) is 0 Å². The number of hydrogen-bond acceptors (Lipinski definition) is 2. The van der Waals surface area contributed by atoms with Gasteiger partial charge in [-0.25, -0.2) is 4.98 Å². The molecule has 2 heterocycles. The lowest BCUT2D eigenvalue weighted by Crippen LogP contribution is -2.00. The predicted octanol–water partition coefficient (Wildman–Crippen LogP) is 2.39. The average molecular weight is 187 g/mol. The van der Waals surface area contributed by atoms with Gasteiger partial charge in [0, 0.05) is 18.6 Å². The molecule has 2 aromatic rings. The fourth-order valence-corrected chi connectivity index (χ4v) is 1.26. The topological polar surface area (TPSA) is 30.7 Å². The summed E-state index contributed by atoms with van der Waals surface area (Å²) in [6.45, 7) is 4.23. The van der Waals surface area contributed by atoms with Crippen LogP contribution in [0.5, 0.6) is 0 Å². The molecule has 3 nitrogen and oxygen atoms in total. The standard InChI is InChI=1S/C11H13N3/c1-9(2)10-7-12-8-11(13-10)14-5-3-4-6-14/h3-9H,1-2H3. The Morgan fingerprint density at radius 3 is 2.50 bits per heavy atom. The summed E-state index contributed by atoms with van der Waals surface area (Å²) in [5.41, 5.74) is 1.02. The molecule has 0 atom stereocenters. The molecule has 0 saturated heterocycles. The summed E-state index contributed by atoms with van der Waals surface area (Å²) in [6.07, 6.45) is 7.52. The fourth-order valence-electron chi connectivity index (χ4n) is 1.26. The molecule has 0 N–H and O–H groups in total. The molecule has 72 valence electrons. The molecule has 0 amide bonds. The maximum absolute atomic E-state index is 4.52. The van der Waals surface area contributed by atoms with Crippen LogP contribution in [0.25, 0.3) is 5.82 Å². The van der Waals surface area contributed by atoms with Crippen molar-refractivity contribution in [3.05, 3.63) is 42.6 Å². The van der Waals surface area contributed by atoms with Crippen molar-refractivity contribution in [1.82, 2.24) is 14.5 Å². The molecule has 3 heteroatoms. The van der Waals surface area contributed by atoms with Crippen molar-refractivity contribution in [3.8, 4) is 5.82 Å². The summed E-state index contributed by atoms with van der Waals surface area (Å²) >= 11 is 0. The Balaban J connectivity index is 2.41. The summed E-state index contributed by atoms with van der Waals surface area (Å²) < 4.78 is 1.96. The smallest absolute Gasteiger partial charge is 0.155 e. The van der Waals surface area contributed by atoms with E-state index in [0.717, 1.165) is 11.5 Å². The van der Waals surface area contributed by atoms with E-state index in [9.17, 15) is 0 Å². The van der Waals surface area contributed by atoms with Crippen molar-refractivity contribution in [2.75, 3.05) is 0 Å². The Kier molecular flexibility index (Phi) is 2.31. The van der Waals surface area contributed by atoms with E-state index in [0.29, 0.717) is 5.92 Å². The van der Waals surface area contributed by atoms with E-state index in [1.807, 2.05) is 35.3 Å². The second kappa shape index (κ2) is 3.62. The number of hydrogen-bond donors (Lipinski definition) is 0. The highest BCUT2D eigenvalue weighted by atomic mass is 15.1. The van der Waals surface area contributed by atoms with E-state index in [1.54, 1.807) is 6.20 Å². The molecule has 0 spiro atoms. The van der Waals surface area contributed by atoms with Gasteiger partial charge in [-0.2, -0.15) is 0 Å². The SMILES string of the molecule is CC(C)c1cncc(-n2cccc2)n1. The number of rotatable bonds is 2. The number of nitrogens with zero attached hydrogens (tertiary/aromatic N) is 3. The van der Waals surface area contributed by atoms with Gasteiger partial charge in [0.15, 0.2) is 5.82 Å². The fraction of sp³-hybridized carbons (Fsp3) is 0.273. The van der Waals surface area contributed by atoms with E-state index >= 15 is 0 Å². The van der Waals surface area contributed by atoms with E-state index in [1.165, 1.54) is 0 Å². The van der Waals surface area contributed by atoms with Gasteiger partial charge in [0.25, 0.3) is 0 Å². The Labute approximate surface area is 83.4 Å². The van der Waals surface area contributed by atoms with Gasteiger partial charge in [0.05, 0.1) is 11.9 Å². The van der Waals surface area contributed by atoms with Crippen LogP contribution in [-0.4, -0.2) is 14.5 Å². The lowest BCUT2D eigenvalue weighted by atomic mass is 10.1. The van der Waals surface area contributed by atoms with E-state index < -0.39 is 0 Å². The average Bonchev–Trinajstić information content (AvgIpc) is 2.71. The highest BCUT2D eigenvalue weighted by molar-refractivity contribution is 5.22. The first-order valence-corrected chi connectivity index (χ1v) is 4.72. The molecule has 0 bridgehead atoms. The zero-order valence-corrected chi connectivity index (χ0v) is 8.38. The van der Waals surface area contributed by atoms with Crippen LogP contribution in [0.2, 0.25) is 0 Å². The van der Waals surface area contributed by atoms with Crippen LogP contribution >= 0.6 is 0 Å². The molecule has 0 aromatic carbocycles. The van der Waals surface area contributed by atoms with Crippen LogP contribution in [-0.2, 0) is 0 Å². The van der Waals surface area contributed by atoms with Crippen molar-refractivity contribution in [2.24, 2.45) is 0 Å². The van der Waals surface area contributed by atoms with Crippen molar-refractivity contribution in [3.63, 3.8) is 0 Å². The minimum atomic E-state index is 0.415. The molecular weight excluding hydrogens is 174 g/mol. The van der Waals surface area contributed by atoms with Gasteiger partial charge < -0.3 is 4.57 Å². The molecule has 0 radical (unpaired) electrons. The quantitative estimate of drug-likeness (QED) is 0.722. The molecule has 0 saturated carbocycles. The first-order valence-electron chi connectivity index (χ1n) is 4.72. The zero-order valence-electron chi connectivity index (χ0n) is 8.38. The van der Waals surface area contributed by atoms with E-state index in [2.05, 4.69) is 23.8 Å². The van der Waals surface area contributed by atoms with Crippen LogP contribution in [0.3, 0.4) is 0 Å². The Morgan fingerprint density at radius 2 is 1.86 bits per heavy atom. The summed E-state index contributed by atoms with van der Waals surface area (Å²) in [7, 11) is 0. The van der Waals surface area contributed by atoms with Crippen molar-refractivity contribution in [2.45, 2.75) is 19.8 Å². The van der Waals surface area contributed by atoms with Crippen LogP contribution in [0.4, 0.5) is 0 Å².